The standard InChI is InChI=1S/C15H18BrNOS/c1-11(2)9-18-15-6-4-3-5-14(15)17-8-13-7-12(16)10-19-13/h3-7,10-11,17H,8-9H2,1-2H3. The minimum Gasteiger partial charge on any atom is -0.491 e. The minimum absolute atomic E-state index is 0.529. The molecule has 0 amide bonds. The maximum Gasteiger partial charge on any atom is 0.142 e. The van der Waals surface area contributed by atoms with Crippen LogP contribution in [0.25, 0.3) is 0 Å². The molecular weight excluding hydrogens is 322 g/mol. The molecule has 2 nitrogen and oxygen atoms in total. The summed E-state index contributed by atoms with van der Waals surface area (Å²) in [5.74, 6) is 1.45. The highest BCUT2D eigenvalue weighted by atomic mass is 79.9. The van der Waals surface area contributed by atoms with Crippen LogP contribution in [-0.2, 0) is 6.54 Å². The lowest BCUT2D eigenvalue weighted by atomic mass is 10.2. The van der Waals surface area contributed by atoms with Crippen LogP contribution in [-0.4, -0.2) is 6.61 Å². The fourth-order valence-corrected chi connectivity index (χ4v) is 3.01. The number of benzene rings is 1. The van der Waals surface area contributed by atoms with Crippen LogP contribution in [0.3, 0.4) is 0 Å². The van der Waals surface area contributed by atoms with Crippen LogP contribution < -0.4 is 10.1 Å². The first kappa shape index (κ1) is 14.4. The van der Waals surface area contributed by atoms with Crippen molar-refractivity contribution in [3.05, 3.63) is 45.1 Å². The molecular formula is C15H18BrNOS. The van der Waals surface area contributed by atoms with E-state index in [2.05, 4.69) is 52.6 Å². The average Bonchev–Trinajstić information content (AvgIpc) is 2.80. The van der Waals surface area contributed by atoms with Gasteiger partial charge < -0.3 is 10.1 Å². The lowest BCUT2D eigenvalue weighted by molar-refractivity contribution is 0.272. The Balaban J connectivity index is 1.99. The summed E-state index contributed by atoms with van der Waals surface area (Å²) in [4.78, 5) is 1.30. The van der Waals surface area contributed by atoms with Gasteiger partial charge in [-0.3, -0.25) is 0 Å². The van der Waals surface area contributed by atoms with Gasteiger partial charge in [-0.25, -0.2) is 0 Å². The monoisotopic (exact) mass is 339 g/mol. The minimum atomic E-state index is 0.529. The molecule has 0 aliphatic rings. The molecule has 102 valence electrons. The topological polar surface area (TPSA) is 21.3 Å². The van der Waals surface area contributed by atoms with Crippen molar-refractivity contribution in [3.8, 4) is 5.75 Å². The number of halogens is 1. The maximum atomic E-state index is 5.82. The molecule has 0 unspecified atom stereocenters. The van der Waals surface area contributed by atoms with Crippen molar-refractivity contribution in [2.45, 2.75) is 20.4 Å². The Morgan fingerprint density at radius 2 is 2.11 bits per heavy atom. The van der Waals surface area contributed by atoms with Crippen LogP contribution in [0.1, 0.15) is 18.7 Å². The largest absolute Gasteiger partial charge is 0.491 e. The van der Waals surface area contributed by atoms with Crippen molar-refractivity contribution in [1.29, 1.82) is 0 Å². The van der Waals surface area contributed by atoms with Gasteiger partial charge in [0.25, 0.3) is 0 Å². The van der Waals surface area contributed by atoms with Gasteiger partial charge in [-0.2, -0.15) is 0 Å². The van der Waals surface area contributed by atoms with E-state index >= 15 is 0 Å². The molecule has 0 atom stereocenters. The summed E-state index contributed by atoms with van der Waals surface area (Å²) < 4.78 is 6.96. The fourth-order valence-electron chi connectivity index (χ4n) is 1.62. The Bertz CT molecular complexity index is 524. The molecule has 0 spiro atoms. The Kier molecular flexibility index (Phi) is 5.28. The molecule has 1 aromatic carbocycles. The molecule has 1 N–H and O–H groups in total. The van der Waals surface area contributed by atoms with Gasteiger partial charge in [-0.1, -0.05) is 26.0 Å². The third kappa shape index (κ3) is 4.55. The quantitative estimate of drug-likeness (QED) is 0.784. The van der Waals surface area contributed by atoms with Crippen molar-refractivity contribution < 1.29 is 4.74 Å². The normalized spacial score (nSPS) is 10.7. The molecule has 0 saturated heterocycles. The molecule has 1 heterocycles. The molecule has 1 aromatic heterocycles. The summed E-state index contributed by atoms with van der Waals surface area (Å²) in [7, 11) is 0. The molecule has 2 aromatic rings. The van der Waals surface area contributed by atoms with Gasteiger partial charge in [0.05, 0.1) is 12.3 Å². The number of thiophene rings is 1. The smallest absolute Gasteiger partial charge is 0.142 e. The number of hydrogen-bond acceptors (Lipinski definition) is 3. The van der Waals surface area contributed by atoms with Crippen LogP contribution in [0.2, 0.25) is 0 Å². The second-order valence-corrected chi connectivity index (χ2v) is 6.70. The third-order valence-corrected chi connectivity index (χ3v) is 4.23. The van der Waals surface area contributed by atoms with E-state index in [-0.39, 0.29) is 0 Å². The van der Waals surface area contributed by atoms with Crippen LogP contribution in [0.5, 0.6) is 5.75 Å². The Morgan fingerprint density at radius 1 is 1.32 bits per heavy atom. The predicted molar refractivity (Wildman–Crippen MR) is 86.1 cm³/mol. The highest BCUT2D eigenvalue weighted by molar-refractivity contribution is 9.10. The molecule has 0 saturated carbocycles. The fraction of sp³-hybridized carbons (Fsp3) is 0.333. The van der Waals surface area contributed by atoms with Crippen molar-refractivity contribution >= 4 is 33.0 Å². The van der Waals surface area contributed by atoms with Gasteiger partial charge in [0.2, 0.25) is 0 Å². The zero-order valence-corrected chi connectivity index (χ0v) is 13.6. The summed E-state index contributed by atoms with van der Waals surface area (Å²) in [6.45, 7) is 5.86. The van der Waals surface area contributed by atoms with Crippen LogP contribution >= 0.6 is 27.3 Å². The molecule has 0 aliphatic heterocycles. The van der Waals surface area contributed by atoms with Gasteiger partial charge in [-0.15, -0.1) is 11.3 Å². The summed E-state index contributed by atoms with van der Waals surface area (Å²) in [6, 6.07) is 10.2. The van der Waals surface area contributed by atoms with E-state index in [4.69, 9.17) is 4.74 Å². The number of para-hydroxylation sites is 2. The Labute approximate surface area is 126 Å². The van der Waals surface area contributed by atoms with Crippen LogP contribution in [0.15, 0.2) is 40.2 Å². The van der Waals surface area contributed by atoms with Gasteiger partial charge >= 0.3 is 0 Å². The first-order chi connectivity index (χ1) is 9.15. The zero-order valence-electron chi connectivity index (χ0n) is 11.2. The summed E-state index contributed by atoms with van der Waals surface area (Å²) in [5, 5.41) is 5.53. The highest BCUT2D eigenvalue weighted by Gasteiger charge is 2.04. The second-order valence-electron chi connectivity index (χ2n) is 4.79. The van der Waals surface area contributed by atoms with E-state index in [0.29, 0.717) is 5.92 Å². The van der Waals surface area contributed by atoms with Gasteiger partial charge in [0.15, 0.2) is 0 Å². The first-order valence-electron chi connectivity index (χ1n) is 6.34. The molecule has 4 heteroatoms. The molecule has 0 aliphatic carbocycles. The van der Waals surface area contributed by atoms with Crippen molar-refractivity contribution in [2.24, 2.45) is 5.92 Å². The number of nitrogens with one attached hydrogen (secondary N) is 1. The molecule has 0 radical (unpaired) electrons. The van der Waals surface area contributed by atoms with E-state index in [1.54, 1.807) is 11.3 Å². The summed E-state index contributed by atoms with van der Waals surface area (Å²) in [6.07, 6.45) is 0. The maximum absolute atomic E-state index is 5.82. The SMILES string of the molecule is CC(C)COc1ccccc1NCc1cc(Br)cs1. The predicted octanol–water partition coefficient (Wildman–Crippen LogP) is 5.16. The van der Waals surface area contributed by atoms with Gasteiger partial charge in [0, 0.05) is 21.3 Å². The second kappa shape index (κ2) is 6.96. The number of anilines is 1. The average molecular weight is 340 g/mol. The number of hydrogen-bond donors (Lipinski definition) is 1. The van der Waals surface area contributed by atoms with Crippen molar-refractivity contribution in [1.82, 2.24) is 0 Å². The zero-order chi connectivity index (χ0) is 13.7. The van der Waals surface area contributed by atoms with E-state index in [9.17, 15) is 0 Å². The van der Waals surface area contributed by atoms with Crippen molar-refractivity contribution in [3.63, 3.8) is 0 Å². The molecule has 19 heavy (non-hydrogen) atoms. The van der Waals surface area contributed by atoms with E-state index in [1.165, 1.54) is 4.88 Å². The highest BCUT2D eigenvalue weighted by Crippen LogP contribution is 2.26. The van der Waals surface area contributed by atoms with E-state index in [1.807, 2.05) is 18.2 Å². The summed E-state index contributed by atoms with van der Waals surface area (Å²) in [5.41, 5.74) is 1.05. The Morgan fingerprint density at radius 3 is 2.79 bits per heavy atom. The molecule has 0 bridgehead atoms. The lowest BCUT2D eigenvalue weighted by Crippen LogP contribution is -2.07. The van der Waals surface area contributed by atoms with E-state index in [0.717, 1.165) is 29.1 Å². The van der Waals surface area contributed by atoms with E-state index < -0.39 is 0 Å². The van der Waals surface area contributed by atoms with Crippen LogP contribution in [0.4, 0.5) is 5.69 Å². The first-order valence-corrected chi connectivity index (χ1v) is 8.01. The number of rotatable bonds is 6. The third-order valence-electron chi connectivity index (χ3n) is 2.53. The Hall–Kier alpha value is -1.000. The van der Waals surface area contributed by atoms with Gasteiger partial charge in [0.1, 0.15) is 5.75 Å². The molecule has 2 rings (SSSR count). The van der Waals surface area contributed by atoms with Gasteiger partial charge in [-0.05, 0) is 40.0 Å². The summed E-state index contributed by atoms with van der Waals surface area (Å²) >= 11 is 5.21. The number of ether oxygens (including phenoxy) is 1. The van der Waals surface area contributed by atoms with Crippen molar-refractivity contribution in [2.75, 3.05) is 11.9 Å². The van der Waals surface area contributed by atoms with Crippen LogP contribution in [0, 0.1) is 5.92 Å². The molecule has 0 fully saturated rings. The lowest BCUT2D eigenvalue weighted by Gasteiger charge is -2.14.